The van der Waals surface area contributed by atoms with Crippen LogP contribution in [0, 0.1) is 5.92 Å². The second kappa shape index (κ2) is 4.72. The van der Waals surface area contributed by atoms with E-state index in [4.69, 9.17) is 5.11 Å². The molecule has 1 aliphatic rings. The molecule has 0 saturated carbocycles. The minimum atomic E-state index is -2.20. The summed E-state index contributed by atoms with van der Waals surface area (Å²) < 4.78 is 24.5. The standard InChI is InChI=1S/C8H15F2NO/c9-8(10)7-2-1-3-11(6-7)4-5-12/h7-8,12H,1-6H2. The van der Waals surface area contributed by atoms with E-state index >= 15 is 0 Å². The number of halogens is 2. The predicted octanol–water partition coefficient (Wildman–Crippen LogP) is 0.956. The number of aliphatic hydroxyl groups is 1. The fourth-order valence-corrected chi connectivity index (χ4v) is 1.64. The van der Waals surface area contributed by atoms with Gasteiger partial charge in [-0.05, 0) is 19.4 Å². The van der Waals surface area contributed by atoms with Gasteiger partial charge in [-0.25, -0.2) is 8.78 Å². The third kappa shape index (κ3) is 2.68. The Balaban J connectivity index is 2.30. The first kappa shape index (κ1) is 9.86. The summed E-state index contributed by atoms with van der Waals surface area (Å²) in [6.07, 6.45) is -0.749. The third-order valence-electron chi connectivity index (χ3n) is 2.31. The van der Waals surface area contributed by atoms with Crippen LogP contribution in [0.2, 0.25) is 0 Å². The number of β-amino-alcohol motifs (C(OH)–C–C–N with tert-alkyl or cyclic N) is 1. The van der Waals surface area contributed by atoms with Crippen molar-refractivity contribution in [2.24, 2.45) is 5.92 Å². The number of nitrogens with zero attached hydrogens (tertiary/aromatic N) is 1. The fraction of sp³-hybridized carbons (Fsp3) is 1.00. The summed E-state index contributed by atoms with van der Waals surface area (Å²) in [5, 5.41) is 8.61. The zero-order chi connectivity index (χ0) is 8.97. The van der Waals surface area contributed by atoms with Crippen molar-refractivity contribution in [2.75, 3.05) is 26.2 Å². The van der Waals surface area contributed by atoms with Gasteiger partial charge in [-0.1, -0.05) is 0 Å². The lowest BCUT2D eigenvalue weighted by Gasteiger charge is -2.31. The number of hydrogen-bond donors (Lipinski definition) is 1. The third-order valence-corrected chi connectivity index (χ3v) is 2.31. The predicted molar refractivity (Wildman–Crippen MR) is 42.3 cm³/mol. The molecule has 72 valence electrons. The number of aliphatic hydroxyl groups excluding tert-OH is 1. The van der Waals surface area contributed by atoms with Crippen molar-refractivity contribution < 1.29 is 13.9 Å². The minimum Gasteiger partial charge on any atom is -0.395 e. The highest BCUT2D eigenvalue weighted by atomic mass is 19.3. The first-order chi connectivity index (χ1) is 5.74. The van der Waals surface area contributed by atoms with Crippen molar-refractivity contribution >= 4 is 0 Å². The zero-order valence-electron chi connectivity index (χ0n) is 7.05. The molecule has 0 spiro atoms. The monoisotopic (exact) mass is 179 g/mol. The van der Waals surface area contributed by atoms with Crippen LogP contribution < -0.4 is 0 Å². The molecule has 0 bridgehead atoms. The molecule has 2 nitrogen and oxygen atoms in total. The summed E-state index contributed by atoms with van der Waals surface area (Å²) >= 11 is 0. The lowest BCUT2D eigenvalue weighted by molar-refractivity contribution is 0.0232. The van der Waals surface area contributed by atoms with Crippen LogP contribution in [0.3, 0.4) is 0 Å². The largest absolute Gasteiger partial charge is 0.395 e. The Kier molecular flexibility index (Phi) is 3.88. The summed E-state index contributed by atoms with van der Waals surface area (Å²) in [6.45, 7) is 1.89. The van der Waals surface area contributed by atoms with Crippen LogP contribution in [0.4, 0.5) is 8.78 Å². The molecule has 0 aromatic heterocycles. The van der Waals surface area contributed by atoms with E-state index in [9.17, 15) is 8.78 Å². The Morgan fingerprint density at radius 1 is 1.50 bits per heavy atom. The number of alkyl halides is 2. The van der Waals surface area contributed by atoms with Crippen molar-refractivity contribution in [1.82, 2.24) is 4.90 Å². The van der Waals surface area contributed by atoms with Crippen LogP contribution in [-0.4, -0.2) is 42.7 Å². The minimum absolute atomic E-state index is 0.0654. The molecule has 0 amide bonds. The van der Waals surface area contributed by atoms with E-state index in [2.05, 4.69) is 0 Å². The van der Waals surface area contributed by atoms with Crippen LogP contribution >= 0.6 is 0 Å². The Bertz CT molecular complexity index is 130. The number of piperidine rings is 1. The van der Waals surface area contributed by atoms with Crippen molar-refractivity contribution in [3.63, 3.8) is 0 Å². The summed E-state index contributed by atoms with van der Waals surface area (Å²) in [4.78, 5) is 1.90. The molecule has 1 rings (SSSR count). The van der Waals surface area contributed by atoms with E-state index in [1.807, 2.05) is 4.90 Å². The van der Waals surface area contributed by atoms with Gasteiger partial charge in [-0.2, -0.15) is 0 Å². The molecule has 1 aliphatic heterocycles. The van der Waals surface area contributed by atoms with Gasteiger partial charge in [0.25, 0.3) is 0 Å². The van der Waals surface area contributed by atoms with Gasteiger partial charge in [0, 0.05) is 19.0 Å². The van der Waals surface area contributed by atoms with E-state index in [0.717, 1.165) is 13.0 Å². The van der Waals surface area contributed by atoms with Crippen LogP contribution in [0.25, 0.3) is 0 Å². The lowest BCUT2D eigenvalue weighted by Crippen LogP contribution is -2.39. The Morgan fingerprint density at radius 2 is 2.25 bits per heavy atom. The summed E-state index contributed by atoms with van der Waals surface area (Å²) in [5.41, 5.74) is 0. The normalized spacial score (nSPS) is 26.5. The first-order valence-electron chi connectivity index (χ1n) is 4.35. The highest BCUT2D eigenvalue weighted by molar-refractivity contribution is 4.74. The number of rotatable bonds is 3. The van der Waals surface area contributed by atoms with Gasteiger partial charge in [-0.15, -0.1) is 0 Å². The van der Waals surface area contributed by atoms with Crippen molar-refractivity contribution in [2.45, 2.75) is 19.3 Å². The van der Waals surface area contributed by atoms with Gasteiger partial charge in [0.15, 0.2) is 0 Å². The van der Waals surface area contributed by atoms with Gasteiger partial charge in [0.05, 0.1) is 6.61 Å². The van der Waals surface area contributed by atoms with Gasteiger partial charge in [0.2, 0.25) is 6.43 Å². The summed E-state index contributed by atoms with van der Waals surface area (Å²) in [6, 6.07) is 0. The van der Waals surface area contributed by atoms with E-state index < -0.39 is 12.3 Å². The van der Waals surface area contributed by atoms with Gasteiger partial charge < -0.3 is 10.0 Å². The zero-order valence-corrected chi connectivity index (χ0v) is 7.05. The molecule has 0 aromatic carbocycles. The highest BCUT2D eigenvalue weighted by Crippen LogP contribution is 2.21. The fourth-order valence-electron chi connectivity index (χ4n) is 1.64. The van der Waals surface area contributed by atoms with E-state index in [-0.39, 0.29) is 6.61 Å². The van der Waals surface area contributed by atoms with Crippen LogP contribution in [0.5, 0.6) is 0 Å². The molecular formula is C8H15F2NO. The maximum Gasteiger partial charge on any atom is 0.242 e. The Labute approximate surface area is 71.2 Å². The van der Waals surface area contributed by atoms with Crippen molar-refractivity contribution in [3.8, 4) is 0 Å². The molecule has 12 heavy (non-hydrogen) atoms. The first-order valence-corrected chi connectivity index (χ1v) is 4.35. The number of likely N-dealkylation sites (tertiary alicyclic amines) is 1. The molecule has 1 saturated heterocycles. The van der Waals surface area contributed by atoms with Crippen molar-refractivity contribution in [1.29, 1.82) is 0 Å². The average Bonchev–Trinajstić information content (AvgIpc) is 2.05. The Morgan fingerprint density at radius 3 is 2.83 bits per heavy atom. The highest BCUT2D eigenvalue weighted by Gasteiger charge is 2.26. The van der Waals surface area contributed by atoms with E-state index in [1.54, 1.807) is 0 Å². The summed E-state index contributed by atoms with van der Waals surface area (Å²) in [7, 11) is 0. The van der Waals surface area contributed by atoms with Gasteiger partial charge in [-0.3, -0.25) is 0 Å². The lowest BCUT2D eigenvalue weighted by atomic mass is 9.99. The summed E-state index contributed by atoms with van der Waals surface area (Å²) in [5.74, 6) is -0.481. The Hall–Kier alpha value is -0.220. The van der Waals surface area contributed by atoms with Gasteiger partial charge in [0.1, 0.15) is 0 Å². The molecule has 0 radical (unpaired) electrons. The van der Waals surface area contributed by atoms with E-state index in [1.165, 1.54) is 0 Å². The molecule has 0 aliphatic carbocycles. The molecule has 1 N–H and O–H groups in total. The molecule has 0 aromatic rings. The van der Waals surface area contributed by atoms with Crippen LogP contribution in [-0.2, 0) is 0 Å². The van der Waals surface area contributed by atoms with Crippen LogP contribution in [0.15, 0.2) is 0 Å². The molecular weight excluding hydrogens is 164 g/mol. The van der Waals surface area contributed by atoms with Crippen LogP contribution in [0.1, 0.15) is 12.8 Å². The van der Waals surface area contributed by atoms with Gasteiger partial charge >= 0.3 is 0 Å². The number of hydrogen-bond acceptors (Lipinski definition) is 2. The molecule has 1 unspecified atom stereocenters. The SMILES string of the molecule is OCCN1CCCC(C(F)F)C1. The molecule has 1 fully saturated rings. The molecule has 1 heterocycles. The van der Waals surface area contributed by atoms with E-state index in [0.29, 0.717) is 19.5 Å². The smallest absolute Gasteiger partial charge is 0.242 e. The molecule has 1 atom stereocenters. The topological polar surface area (TPSA) is 23.5 Å². The maximum absolute atomic E-state index is 12.2. The average molecular weight is 179 g/mol. The molecule has 4 heteroatoms. The van der Waals surface area contributed by atoms with Crippen molar-refractivity contribution in [3.05, 3.63) is 0 Å². The second-order valence-electron chi connectivity index (χ2n) is 3.26. The maximum atomic E-state index is 12.2. The quantitative estimate of drug-likeness (QED) is 0.697. The second-order valence-corrected chi connectivity index (χ2v) is 3.26.